The third-order valence-electron chi connectivity index (χ3n) is 1.70. The molecule has 0 amide bonds. The molecule has 1 rings (SSSR count). The highest BCUT2D eigenvalue weighted by Gasteiger charge is 2.04. The van der Waals surface area contributed by atoms with Crippen LogP contribution in [0.2, 0.25) is 5.02 Å². The number of benzene rings is 1. The van der Waals surface area contributed by atoms with Crippen molar-refractivity contribution in [3.05, 3.63) is 23.2 Å². The molecule has 1 aromatic rings. The molecule has 0 atom stereocenters. The molecule has 0 aliphatic heterocycles. The molecule has 0 saturated heterocycles. The zero-order chi connectivity index (χ0) is 9.68. The molecule has 0 aliphatic carbocycles. The van der Waals surface area contributed by atoms with Crippen molar-refractivity contribution < 1.29 is 9.84 Å². The Morgan fingerprint density at radius 3 is 2.92 bits per heavy atom. The van der Waals surface area contributed by atoms with Crippen molar-refractivity contribution >= 4 is 11.6 Å². The van der Waals surface area contributed by atoms with E-state index in [1.807, 2.05) is 0 Å². The van der Waals surface area contributed by atoms with Gasteiger partial charge in [0.1, 0.15) is 16.5 Å². The lowest BCUT2D eigenvalue weighted by Gasteiger charge is -2.07. The number of phenols is 1. The van der Waals surface area contributed by atoms with Crippen LogP contribution >= 0.6 is 11.6 Å². The zero-order valence-electron chi connectivity index (χ0n) is 7.59. The predicted molar refractivity (Wildman–Crippen MR) is 53.5 cm³/mol. The molecule has 0 unspecified atom stereocenters. The fourth-order valence-corrected chi connectivity index (χ4v) is 1.12. The van der Waals surface area contributed by atoms with Crippen molar-refractivity contribution in [1.82, 2.24) is 0 Å². The first-order valence-electron chi connectivity index (χ1n) is 4.36. The third-order valence-corrected chi connectivity index (χ3v) is 2.08. The summed E-state index contributed by atoms with van der Waals surface area (Å²) in [5.41, 5.74) is 0. The van der Waals surface area contributed by atoms with Crippen LogP contribution in [0.3, 0.4) is 0 Å². The molecule has 0 heterocycles. The van der Waals surface area contributed by atoms with Gasteiger partial charge < -0.3 is 9.84 Å². The maximum Gasteiger partial charge on any atom is 0.141 e. The van der Waals surface area contributed by atoms with Crippen LogP contribution in [0.1, 0.15) is 19.8 Å². The van der Waals surface area contributed by atoms with E-state index in [1.54, 1.807) is 12.1 Å². The summed E-state index contributed by atoms with van der Waals surface area (Å²) in [6, 6.07) is 5.00. The number of halogens is 1. The lowest BCUT2D eigenvalue weighted by atomic mass is 10.3. The second-order valence-corrected chi connectivity index (χ2v) is 3.17. The Hall–Kier alpha value is -0.890. The van der Waals surface area contributed by atoms with Crippen LogP contribution in [0.5, 0.6) is 11.5 Å². The van der Waals surface area contributed by atoms with Gasteiger partial charge in [-0.05, 0) is 18.6 Å². The van der Waals surface area contributed by atoms with Gasteiger partial charge in [-0.1, -0.05) is 31.0 Å². The van der Waals surface area contributed by atoms with E-state index in [9.17, 15) is 5.11 Å². The Kier molecular flexibility index (Phi) is 3.90. The van der Waals surface area contributed by atoms with Gasteiger partial charge in [0, 0.05) is 0 Å². The van der Waals surface area contributed by atoms with Crippen molar-refractivity contribution in [1.29, 1.82) is 0 Å². The minimum absolute atomic E-state index is 0.0654. The number of unbranched alkanes of at least 4 members (excludes halogenated alkanes) is 1. The second kappa shape index (κ2) is 4.97. The van der Waals surface area contributed by atoms with Gasteiger partial charge in [-0.15, -0.1) is 0 Å². The Bertz CT molecular complexity index is 274. The molecule has 1 N–H and O–H groups in total. The number of aromatic hydroxyl groups is 1. The lowest BCUT2D eigenvalue weighted by Crippen LogP contribution is -1.96. The summed E-state index contributed by atoms with van der Waals surface area (Å²) in [6.07, 6.45) is 2.07. The Labute approximate surface area is 83.1 Å². The van der Waals surface area contributed by atoms with Crippen molar-refractivity contribution in [2.75, 3.05) is 6.61 Å². The first-order chi connectivity index (χ1) is 6.25. The molecule has 72 valence electrons. The normalized spacial score (nSPS) is 10.0. The molecule has 0 saturated carbocycles. The monoisotopic (exact) mass is 200 g/mol. The fraction of sp³-hybridized carbons (Fsp3) is 0.400. The van der Waals surface area contributed by atoms with Gasteiger partial charge in [-0.25, -0.2) is 0 Å². The molecular formula is C10H13ClO2. The molecule has 0 bridgehead atoms. The maximum atomic E-state index is 9.24. The minimum atomic E-state index is 0.0654. The number of hydrogen-bond donors (Lipinski definition) is 1. The van der Waals surface area contributed by atoms with Crippen LogP contribution in [0.25, 0.3) is 0 Å². The SMILES string of the molecule is CCCCOc1cccc(O)c1Cl. The van der Waals surface area contributed by atoms with Gasteiger partial charge in [0.2, 0.25) is 0 Å². The van der Waals surface area contributed by atoms with Crippen LogP contribution in [-0.2, 0) is 0 Å². The van der Waals surface area contributed by atoms with E-state index < -0.39 is 0 Å². The Morgan fingerprint density at radius 1 is 1.46 bits per heavy atom. The van der Waals surface area contributed by atoms with Crippen LogP contribution < -0.4 is 4.74 Å². The van der Waals surface area contributed by atoms with Crippen molar-refractivity contribution in [3.63, 3.8) is 0 Å². The van der Waals surface area contributed by atoms with Crippen LogP contribution in [0.15, 0.2) is 18.2 Å². The molecule has 0 fully saturated rings. The summed E-state index contributed by atoms with van der Waals surface area (Å²) in [7, 11) is 0. The van der Waals surface area contributed by atoms with E-state index in [2.05, 4.69) is 6.92 Å². The van der Waals surface area contributed by atoms with E-state index >= 15 is 0 Å². The zero-order valence-corrected chi connectivity index (χ0v) is 8.34. The van der Waals surface area contributed by atoms with Crippen molar-refractivity contribution in [3.8, 4) is 11.5 Å². The van der Waals surface area contributed by atoms with Gasteiger partial charge in [-0.2, -0.15) is 0 Å². The first kappa shape index (κ1) is 10.2. The van der Waals surface area contributed by atoms with Gasteiger partial charge in [0.05, 0.1) is 6.61 Å². The van der Waals surface area contributed by atoms with Gasteiger partial charge in [0.15, 0.2) is 0 Å². The van der Waals surface area contributed by atoms with Crippen LogP contribution in [0.4, 0.5) is 0 Å². The van der Waals surface area contributed by atoms with E-state index in [4.69, 9.17) is 16.3 Å². The number of ether oxygens (including phenoxy) is 1. The highest BCUT2D eigenvalue weighted by atomic mass is 35.5. The minimum Gasteiger partial charge on any atom is -0.506 e. The van der Waals surface area contributed by atoms with E-state index in [0.717, 1.165) is 12.8 Å². The molecule has 13 heavy (non-hydrogen) atoms. The highest BCUT2D eigenvalue weighted by Crippen LogP contribution is 2.32. The molecule has 2 nitrogen and oxygen atoms in total. The molecule has 0 aromatic heterocycles. The molecule has 0 spiro atoms. The smallest absolute Gasteiger partial charge is 0.141 e. The van der Waals surface area contributed by atoms with Crippen LogP contribution in [0, 0.1) is 0 Å². The number of phenolic OH excluding ortho intramolecular Hbond substituents is 1. The lowest BCUT2D eigenvalue weighted by molar-refractivity contribution is 0.308. The summed E-state index contributed by atoms with van der Waals surface area (Å²) in [5, 5.41) is 9.54. The third kappa shape index (κ3) is 2.81. The van der Waals surface area contributed by atoms with Crippen LogP contribution in [-0.4, -0.2) is 11.7 Å². The van der Waals surface area contributed by atoms with E-state index in [0.29, 0.717) is 17.4 Å². The molecule has 0 aliphatic rings. The molecule has 1 aromatic carbocycles. The average molecular weight is 201 g/mol. The van der Waals surface area contributed by atoms with E-state index in [1.165, 1.54) is 6.07 Å². The number of hydrogen-bond acceptors (Lipinski definition) is 2. The average Bonchev–Trinajstić information content (AvgIpc) is 2.13. The van der Waals surface area contributed by atoms with Gasteiger partial charge in [-0.3, -0.25) is 0 Å². The van der Waals surface area contributed by atoms with Gasteiger partial charge >= 0.3 is 0 Å². The standard InChI is InChI=1S/C10H13ClO2/c1-2-3-7-13-9-6-4-5-8(12)10(9)11/h4-6,12H,2-3,7H2,1H3. The largest absolute Gasteiger partial charge is 0.506 e. The van der Waals surface area contributed by atoms with Crippen molar-refractivity contribution in [2.24, 2.45) is 0 Å². The molecular weight excluding hydrogens is 188 g/mol. The molecule has 0 radical (unpaired) electrons. The summed E-state index contributed by atoms with van der Waals surface area (Å²) < 4.78 is 5.37. The summed E-state index contributed by atoms with van der Waals surface area (Å²) in [5.74, 6) is 0.616. The van der Waals surface area contributed by atoms with Gasteiger partial charge in [0.25, 0.3) is 0 Å². The maximum absolute atomic E-state index is 9.24. The van der Waals surface area contributed by atoms with E-state index in [-0.39, 0.29) is 5.75 Å². The fourth-order valence-electron chi connectivity index (χ4n) is 0.937. The summed E-state index contributed by atoms with van der Waals surface area (Å²) >= 11 is 5.80. The topological polar surface area (TPSA) is 29.5 Å². The second-order valence-electron chi connectivity index (χ2n) is 2.79. The first-order valence-corrected chi connectivity index (χ1v) is 4.73. The summed E-state index contributed by atoms with van der Waals surface area (Å²) in [4.78, 5) is 0. The highest BCUT2D eigenvalue weighted by molar-refractivity contribution is 6.33. The Balaban J connectivity index is 2.61. The summed E-state index contributed by atoms with van der Waals surface area (Å²) in [6.45, 7) is 2.73. The number of rotatable bonds is 4. The van der Waals surface area contributed by atoms with Crippen molar-refractivity contribution in [2.45, 2.75) is 19.8 Å². The predicted octanol–water partition coefficient (Wildman–Crippen LogP) is 3.22. The Morgan fingerprint density at radius 2 is 2.23 bits per heavy atom. The molecule has 3 heteroatoms. The quantitative estimate of drug-likeness (QED) is 0.757.